The van der Waals surface area contributed by atoms with E-state index in [4.69, 9.17) is 11.6 Å². The molecule has 10 heteroatoms. The number of carbonyl (C=O) groups excluding carboxylic acids is 1. The van der Waals surface area contributed by atoms with E-state index in [9.17, 15) is 13.6 Å². The third-order valence-electron chi connectivity index (χ3n) is 3.17. The van der Waals surface area contributed by atoms with Crippen molar-refractivity contribution in [3.63, 3.8) is 0 Å². The Bertz CT molecular complexity index is 896. The van der Waals surface area contributed by atoms with Crippen LogP contribution < -0.4 is 10.1 Å². The Morgan fingerprint density at radius 2 is 2.29 bits per heavy atom. The Labute approximate surface area is 144 Å². The largest absolute Gasteiger partial charge is 0.435 e. The van der Waals surface area contributed by atoms with Crippen molar-refractivity contribution >= 4 is 44.2 Å². The third kappa shape index (κ3) is 3.62. The van der Waals surface area contributed by atoms with Crippen LogP contribution in [0.3, 0.4) is 0 Å². The number of anilines is 1. The number of nitrogens with zero attached hydrogens (tertiary/aromatic N) is 3. The summed E-state index contributed by atoms with van der Waals surface area (Å²) >= 11 is 7.05. The highest BCUT2D eigenvalue weighted by atomic mass is 35.5. The smallest absolute Gasteiger partial charge is 0.387 e. The summed E-state index contributed by atoms with van der Waals surface area (Å²) in [5, 5.41) is 7.49. The lowest BCUT2D eigenvalue weighted by Gasteiger charge is -2.04. The van der Waals surface area contributed by atoms with Gasteiger partial charge in [-0.1, -0.05) is 22.9 Å². The first-order chi connectivity index (χ1) is 11.4. The molecule has 0 bridgehead atoms. The van der Waals surface area contributed by atoms with E-state index in [2.05, 4.69) is 20.1 Å². The molecule has 1 N–H and O–H groups in total. The molecule has 3 rings (SSSR count). The minimum atomic E-state index is -2.89. The number of ether oxygens (including phenoxy) is 1. The summed E-state index contributed by atoms with van der Waals surface area (Å²) in [7, 11) is 0. The number of alkyl halides is 2. The third-order valence-corrected chi connectivity index (χ3v) is 4.47. The van der Waals surface area contributed by atoms with E-state index in [0.717, 1.165) is 11.3 Å². The molecule has 1 amide bonds. The van der Waals surface area contributed by atoms with Gasteiger partial charge < -0.3 is 10.1 Å². The molecule has 0 saturated carbocycles. The van der Waals surface area contributed by atoms with Gasteiger partial charge in [0.05, 0.1) is 27.1 Å². The van der Waals surface area contributed by atoms with E-state index in [1.54, 1.807) is 13.0 Å². The normalized spacial score (nSPS) is 11.2. The topological polar surface area (TPSA) is 69.0 Å². The molecule has 0 fully saturated rings. The molecule has 0 aliphatic rings. The standard InChI is InChI=1S/C14H11ClF2N4O2S/c1-7-9(15)5-18-21(7)6-12(22)20-14-19-10-3-2-8(23-13(16)17)4-11(10)24-14/h2-5,13H,6H2,1H3,(H,19,20,22). The van der Waals surface area contributed by atoms with Crippen LogP contribution in [0.5, 0.6) is 5.75 Å². The van der Waals surface area contributed by atoms with Crippen LogP contribution in [-0.2, 0) is 11.3 Å². The summed E-state index contributed by atoms with van der Waals surface area (Å²) < 4.78 is 30.9. The predicted molar refractivity (Wildman–Crippen MR) is 86.9 cm³/mol. The lowest BCUT2D eigenvalue weighted by molar-refractivity contribution is -0.116. The number of thiazole rings is 1. The minimum Gasteiger partial charge on any atom is -0.435 e. The first-order valence-electron chi connectivity index (χ1n) is 6.75. The van der Waals surface area contributed by atoms with Crippen LogP contribution >= 0.6 is 22.9 Å². The number of carbonyl (C=O) groups is 1. The predicted octanol–water partition coefficient (Wildman–Crippen LogP) is 3.69. The average molecular weight is 373 g/mol. The van der Waals surface area contributed by atoms with Crippen molar-refractivity contribution in [2.45, 2.75) is 20.1 Å². The van der Waals surface area contributed by atoms with Crippen molar-refractivity contribution in [3.8, 4) is 5.75 Å². The van der Waals surface area contributed by atoms with Crippen molar-refractivity contribution in [2.24, 2.45) is 0 Å². The van der Waals surface area contributed by atoms with Crippen LogP contribution in [0.4, 0.5) is 13.9 Å². The van der Waals surface area contributed by atoms with Gasteiger partial charge in [0.15, 0.2) is 5.13 Å². The second-order valence-electron chi connectivity index (χ2n) is 4.81. The van der Waals surface area contributed by atoms with Crippen LogP contribution in [0, 0.1) is 6.92 Å². The number of amides is 1. The van der Waals surface area contributed by atoms with Gasteiger partial charge in [-0.15, -0.1) is 0 Å². The van der Waals surface area contributed by atoms with Crippen LogP contribution in [0.15, 0.2) is 24.4 Å². The number of rotatable bonds is 5. The maximum atomic E-state index is 12.2. The number of aromatic nitrogens is 3. The average Bonchev–Trinajstić information content (AvgIpc) is 3.03. The molecule has 0 atom stereocenters. The summed E-state index contributed by atoms with van der Waals surface area (Å²) in [6, 6.07) is 4.40. The second kappa shape index (κ2) is 6.70. The Kier molecular flexibility index (Phi) is 4.63. The van der Waals surface area contributed by atoms with Gasteiger partial charge >= 0.3 is 6.61 Å². The molecule has 3 aromatic rings. The highest BCUT2D eigenvalue weighted by Gasteiger charge is 2.12. The summed E-state index contributed by atoms with van der Waals surface area (Å²) in [6.45, 7) is -1.14. The minimum absolute atomic E-state index is 0.00573. The van der Waals surface area contributed by atoms with Gasteiger partial charge in [-0.2, -0.15) is 13.9 Å². The summed E-state index contributed by atoms with van der Waals surface area (Å²) in [4.78, 5) is 16.3. The lowest BCUT2D eigenvalue weighted by Crippen LogP contribution is -2.20. The van der Waals surface area contributed by atoms with Gasteiger partial charge in [-0.25, -0.2) is 4.98 Å². The molecule has 0 radical (unpaired) electrons. The molecule has 2 heterocycles. The number of halogens is 3. The van der Waals surface area contributed by atoms with Gasteiger partial charge in [-0.05, 0) is 25.1 Å². The summed E-state index contributed by atoms with van der Waals surface area (Å²) in [5.41, 5.74) is 1.26. The van der Waals surface area contributed by atoms with Crippen LogP contribution in [0.25, 0.3) is 10.2 Å². The quantitative estimate of drug-likeness (QED) is 0.741. The Hall–Kier alpha value is -2.26. The van der Waals surface area contributed by atoms with E-state index < -0.39 is 6.61 Å². The maximum Gasteiger partial charge on any atom is 0.387 e. The molecule has 0 unspecified atom stereocenters. The fraction of sp³-hybridized carbons (Fsp3) is 0.214. The van der Waals surface area contributed by atoms with Crippen LogP contribution in [0.1, 0.15) is 5.69 Å². The van der Waals surface area contributed by atoms with Gasteiger partial charge in [0.1, 0.15) is 12.3 Å². The van der Waals surface area contributed by atoms with Crippen molar-refractivity contribution in [3.05, 3.63) is 35.1 Å². The molecule has 6 nitrogen and oxygen atoms in total. The van der Waals surface area contributed by atoms with Crippen LogP contribution in [0.2, 0.25) is 5.02 Å². The Morgan fingerprint density at radius 3 is 2.96 bits per heavy atom. The highest BCUT2D eigenvalue weighted by molar-refractivity contribution is 7.22. The van der Waals surface area contributed by atoms with Gasteiger partial charge in [0.2, 0.25) is 5.91 Å². The number of nitrogens with one attached hydrogen (secondary N) is 1. The molecule has 0 aliphatic heterocycles. The van der Waals surface area contributed by atoms with E-state index >= 15 is 0 Å². The van der Waals surface area contributed by atoms with Crippen molar-refractivity contribution in [1.29, 1.82) is 0 Å². The number of benzene rings is 1. The van der Waals surface area contributed by atoms with Crippen molar-refractivity contribution < 1.29 is 18.3 Å². The zero-order chi connectivity index (χ0) is 17.3. The number of fused-ring (bicyclic) bond motifs is 1. The van der Waals surface area contributed by atoms with Crippen LogP contribution in [-0.4, -0.2) is 27.3 Å². The maximum absolute atomic E-state index is 12.2. The molecule has 0 aliphatic carbocycles. The molecule has 2 aromatic heterocycles. The Balaban J connectivity index is 1.72. The van der Waals surface area contributed by atoms with Gasteiger partial charge in [-0.3, -0.25) is 9.48 Å². The molecule has 1 aromatic carbocycles. The molecule has 126 valence electrons. The van der Waals surface area contributed by atoms with E-state index in [1.807, 2.05) is 0 Å². The van der Waals surface area contributed by atoms with E-state index in [0.29, 0.717) is 26.1 Å². The fourth-order valence-electron chi connectivity index (χ4n) is 2.01. The van der Waals surface area contributed by atoms with Gasteiger partial charge in [0.25, 0.3) is 0 Å². The molecule has 0 saturated heterocycles. The van der Waals surface area contributed by atoms with E-state index in [-0.39, 0.29) is 18.2 Å². The SMILES string of the molecule is Cc1c(Cl)cnn1CC(=O)Nc1nc2ccc(OC(F)F)cc2s1. The lowest BCUT2D eigenvalue weighted by atomic mass is 10.3. The second-order valence-corrected chi connectivity index (χ2v) is 6.25. The first-order valence-corrected chi connectivity index (χ1v) is 7.95. The molecule has 24 heavy (non-hydrogen) atoms. The fourth-order valence-corrected chi connectivity index (χ4v) is 3.06. The molecular weight excluding hydrogens is 362 g/mol. The zero-order valence-corrected chi connectivity index (χ0v) is 13.9. The highest BCUT2D eigenvalue weighted by Crippen LogP contribution is 2.29. The monoisotopic (exact) mass is 372 g/mol. The molecule has 0 spiro atoms. The van der Waals surface area contributed by atoms with Crippen molar-refractivity contribution in [2.75, 3.05) is 5.32 Å². The zero-order valence-electron chi connectivity index (χ0n) is 12.3. The van der Waals surface area contributed by atoms with Crippen molar-refractivity contribution in [1.82, 2.24) is 14.8 Å². The van der Waals surface area contributed by atoms with Gasteiger partial charge in [0, 0.05) is 0 Å². The first kappa shape index (κ1) is 16.6. The Morgan fingerprint density at radius 1 is 1.50 bits per heavy atom. The summed E-state index contributed by atoms with van der Waals surface area (Å²) in [5.74, 6) is -0.276. The molecular formula is C14H11ClF2N4O2S. The number of hydrogen-bond acceptors (Lipinski definition) is 5. The summed E-state index contributed by atoms with van der Waals surface area (Å²) in [6.07, 6.45) is 1.46. The van der Waals surface area contributed by atoms with E-state index in [1.165, 1.54) is 23.0 Å². The number of hydrogen-bond donors (Lipinski definition) is 1.